The van der Waals surface area contributed by atoms with Crippen molar-refractivity contribution in [1.82, 2.24) is 9.78 Å². The molecule has 1 heterocycles. The summed E-state index contributed by atoms with van der Waals surface area (Å²) in [6.07, 6.45) is 1.48. The number of hydrogen-bond donors (Lipinski definition) is 1. The number of ether oxygens (including phenoxy) is 3. The van der Waals surface area contributed by atoms with Gasteiger partial charge in [0, 0.05) is 24.8 Å². The van der Waals surface area contributed by atoms with Crippen LogP contribution in [0.1, 0.15) is 22.0 Å². The zero-order chi connectivity index (χ0) is 20.8. The Morgan fingerprint density at radius 3 is 2.38 bits per heavy atom. The van der Waals surface area contributed by atoms with E-state index in [1.807, 2.05) is 0 Å². The summed E-state index contributed by atoms with van der Waals surface area (Å²) in [5.74, 6) is 1.23. The Labute approximate surface area is 168 Å². The SMILES string of the molecule is COc1ccc(-n2nccc2NC(=O)C(OC)c2ccc(C=O)cc2)cc1OC. The van der Waals surface area contributed by atoms with Crippen LogP contribution >= 0.6 is 0 Å². The van der Waals surface area contributed by atoms with Gasteiger partial charge in [-0.2, -0.15) is 5.10 Å². The molecule has 0 aliphatic rings. The zero-order valence-electron chi connectivity index (χ0n) is 16.3. The van der Waals surface area contributed by atoms with Gasteiger partial charge in [-0.25, -0.2) is 4.68 Å². The molecule has 0 fully saturated rings. The van der Waals surface area contributed by atoms with E-state index in [1.54, 1.807) is 73.6 Å². The van der Waals surface area contributed by atoms with Crippen LogP contribution in [0.3, 0.4) is 0 Å². The van der Waals surface area contributed by atoms with E-state index >= 15 is 0 Å². The van der Waals surface area contributed by atoms with Crippen LogP contribution in [-0.2, 0) is 9.53 Å². The maximum Gasteiger partial charge on any atom is 0.259 e. The van der Waals surface area contributed by atoms with Gasteiger partial charge in [-0.05, 0) is 17.7 Å². The van der Waals surface area contributed by atoms with Crippen LogP contribution in [0.5, 0.6) is 11.5 Å². The molecular formula is C21H21N3O5. The standard InChI is InChI=1S/C21H21N3O5/c1-27-17-9-8-16(12-18(17)28-2)24-19(10-11-22-24)23-21(26)20(29-3)15-6-4-14(13-25)5-7-15/h4-13,20H,1-3H3,(H,23,26). The van der Waals surface area contributed by atoms with Crippen LogP contribution in [0, 0.1) is 0 Å². The molecule has 1 N–H and O–H groups in total. The molecule has 1 amide bonds. The average molecular weight is 395 g/mol. The second kappa shape index (κ2) is 9.03. The molecule has 1 atom stereocenters. The Kier molecular flexibility index (Phi) is 6.25. The molecule has 0 aliphatic carbocycles. The minimum Gasteiger partial charge on any atom is -0.493 e. The van der Waals surface area contributed by atoms with E-state index in [1.165, 1.54) is 7.11 Å². The summed E-state index contributed by atoms with van der Waals surface area (Å²) < 4.78 is 17.5. The highest BCUT2D eigenvalue weighted by Crippen LogP contribution is 2.30. The van der Waals surface area contributed by atoms with Crippen LogP contribution in [0.4, 0.5) is 5.82 Å². The summed E-state index contributed by atoms with van der Waals surface area (Å²) in [4.78, 5) is 23.6. The molecule has 0 saturated heterocycles. The summed E-state index contributed by atoms with van der Waals surface area (Å²) in [7, 11) is 4.56. The predicted octanol–water partition coefficient (Wildman–Crippen LogP) is 3.03. The summed E-state index contributed by atoms with van der Waals surface area (Å²) in [5.41, 5.74) is 1.84. The number of benzene rings is 2. The molecule has 0 spiro atoms. The maximum atomic E-state index is 12.8. The van der Waals surface area contributed by atoms with E-state index in [0.717, 1.165) is 6.29 Å². The third-order valence-electron chi connectivity index (χ3n) is 4.35. The number of rotatable bonds is 8. The minimum atomic E-state index is -0.843. The van der Waals surface area contributed by atoms with Crippen LogP contribution in [0.15, 0.2) is 54.7 Å². The van der Waals surface area contributed by atoms with Gasteiger partial charge in [0.25, 0.3) is 5.91 Å². The fourth-order valence-corrected chi connectivity index (χ4v) is 2.90. The predicted molar refractivity (Wildman–Crippen MR) is 107 cm³/mol. The molecule has 3 aromatic rings. The van der Waals surface area contributed by atoms with Crippen molar-refractivity contribution in [3.63, 3.8) is 0 Å². The van der Waals surface area contributed by atoms with E-state index in [4.69, 9.17) is 14.2 Å². The summed E-state index contributed by atoms with van der Waals surface area (Å²) >= 11 is 0. The Hall–Kier alpha value is -3.65. The van der Waals surface area contributed by atoms with Crippen molar-refractivity contribution in [2.24, 2.45) is 0 Å². The Morgan fingerprint density at radius 1 is 1.03 bits per heavy atom. The smallest absolute Gasteiger partial charge is 0.259 e. The summed E-state index contributed by atoms with van der Waals surface area (Å²) in [5, 5.41) is 7.10. The molecule has 8 heteroatoms. The van der Waals surface area contributed by atoms with E-state index < -0.39 is 6.10 Å². The largest absolute Gasteiger partial charge is 0.493 e. The number of carbonyl (C=O) groups excluding carboxylic acids is 2. The molecule has 0 saturated carbocycles. The van der Waals surface area contributed by atoms with Crippen molar-refractivity contribution in [2.75, 3.05) is 26.6 Å². The van der Waals surface area contributed by atoms with Crippen molar-refractivity contribution >= 4 is 18.0 Å². The van der Waals surface area contributed by atoms with E-state index in [0.29, 0.717) is 34.1 Å². The van der Waals surface area contributed by atoms with Gasteiger partial charge in [0.1, 0.15) is 12.1 Å². The monoisotopic (exact) mass is 395 g/mol. The number of methoxy groups -OCH3 is 3. The van der Waals surface area contributed by atoms with Gasteiger partial charge in [-0.15, -0.1) is 0 Å². The summed E-state index contributed by atoms with van der Waals surface area (Å²) in [6.45, 7) is 0. The lowest BCUT2D eigenvalue weighted by molar-refractivity contribution is -0.126. The van der Waals surface area contributed by atoms with E-state index in [2.05, 4.69) is 10.4 Å². The lowest BCUT2D eigenvalue weighted by Crippen LogP contribution is -2.24. The molecule has 150 valence electrons. The van der Waals surface area contributed by atoms with E-state index in [9.17, 15) is 9.59 Å². The topological polar surface area (TPSA) is 91.7 Å². The molecule has 1 aromatic heterocycles. The van der Waals surface area contributed by atoms with Crippen molar-refractivity contribution in [2.45, 2.75) is 6.10 Å². The minimum absolute atomic E-state index is 0.367. The average Bonchev–Trinajstić information content (AvgIpc) is 3.22. The normalized spacial score (nSPS) is 11.6. The highest BCUT2D eigenvalue weighted by molar-refractivity contribution is 5.94. The van der Waals surface area contributed by atoms with Gasteiger partial charge < -0.3 is 19.5 Å². The van der Waals surface area contributed by atoms with Gasteiger partial charge in [-0.3, -0.25) is 9.59 Å². The second-order valence-corrected chi connectivity index (χ2v) is 6.06. The fourth-order valence-electron chi connectivity index (χ4n) is 2.90. The number of nitrogens with one attached hydrogen (secondary N) is 1. The van der Waals surface area contributed by atoms with Crippen molar-refractivity contribution in [3.8, 4) is 17.2 Å². The summed E-state index contributed by atoms with van der Waals surface area (Å²) in [6, 6.07) is 13.6. The molecular weight excluding hydrogens is 374 g/mol. The van der Waals surface area contributed by atoms with Crippen LogP contribution in [0.2, 0.25) is 0 Å². The number of nitrogens with zero attached hydrogens (tertiary/aromatic N) is 2. The molecule has 0 bridgehead atoms. The highest BCUT2D eigenvalue weighted by atomic mass is 16.5. The maximum absolute atomic E-state index is 12.8. The third kappa shape index (κ3) is 4.27. The molecule has 8 nitrogen and oxygen atoms in total. The van der Waals surface area contributed by atoms with E-state index in [-0.39, 0.29) is 5.91 Å². The first-order valence-electron chi connectivity index (χ1n) is 8.76. The Morgan fingerprint density at radius 2 is 1.76 bits per heavy atom. The molecule has 0 aliphatic heterocycles. The van der Waals surface area contributed by atoms with Gasteiger partial charge >= 0.3 is 0 Å². The molecule has 2 aromatic carbocycles. The first-order chi connectivity index (χ1) is 14.1. The molecule has 0 radical (unpaired) electrons. The molecule has 3 rings (SSSR count). The molecule has 1 unspecified atom stereocenters. The number of aromatic nitrogens is 2. The quantitative estimate of drug-likeness (QED) is 0.590. The molecule has 29 heavy (non-hydrogen) atoms. The number of carbonyl (C=O) groups is 2. The third-order valence-corrected chi connectivity index (χ3v) is 4.35. The fraction of sp³-hybridized carbons (Fsp3) is 0.190. The van der Waals surface area contributed by atoms with Crippen molar-refractivity contribution in [1.29, 1.82) is 0 Å². The van der Waals surface area contributed by atoms with Gasteiger partial charge in [0.15, 0.2) is 17.6 Å². The highest BCUT2D eigenvalue weighted by Gasteiger charge is 2.22. The van der Waals surface area contributed by atoms with Crippen LogP contribution < -0.4 is 14.8 Å². The first-order valence-corrected chi connectivity index (χ1v) is 8.76. The van der Waals surface area contributed by atoms with Crippen LogP contribution in [-0.4, -0.2) is 43.3 Å². The van der Waals surface area contributed by atoms with Gasteiger partial charge in [0.05, 0.1) is 26.1 Å². The Balaban J connectivity index is 1.84. The lowest BCUT2D eigenvalue weighted by Gasteiger charge is -2.17. The van der Waals surface area contributed by atoms with Gasteiger partial charge in [0.2, 0.25) is 0 Å². The van der Waals surface area contributed by atoms with Crippen molar-refractivity contribution in [3.05, 3.63) is 65.9 Å². The van der Waals surface area contributed by atoms with Gasteiger partial charge in [-0.1, -0.05) is 24.3 Å². The van der Waals surface area contributed by atoms with Crippen molar-refractivity contribution < 1.29 is 23.8 Å². The number of hydrogen-bond acceptors (Lipinski definition) is 6. The van der Waals surface area contributed by atoms with Crippen LogP contribution in [0.25, 0.3) is 5.69 Å². The number of amides is 1. The zero-order valence-corrected chi connectivity index (χ0v) is 16.3. The number of anilines is 1. The Bertz CT molecular complexity index is 998. The number of aldehydes is 1. The first kappa shape index (κ1) is 20.1. The lowest BCUT2D eigenvalue weighted by atomic mass is 10.1. The second-order valence-electron chi connectivity index (χ2n) is 6.06.